The van der Waals surface area contributed by atoms with Crippen LogP contribution < -0.4 is 33.1 Å². The number of aromatic nitrogens is 4. The molecule has 0 fully saturated rings. The van der Waals surface area contributed by atoms with Gasteiger partial charge in [-0.25, -0.2) is 4.79 Å². The number of aromatic amines is 1. The minimum atomic E-state index is -1.29. The first-order valence-corrected chi connectivity index (χ1v) is 16.0. The van der Waals surface area contributed by atoms with E-state index in [-0.39, 0.29) is 30.5 Å². The monoisotopic (exact) mass is 675 g/mol. The SMILES string of the molecule is CCCCNc1nc(N)c2[nH]c(=O)n(Cc3ccc(NC(=O)[C@H](CO)NC(=O)[C@@H](N)CSCC(COC(C)=O)OC(C)=O)cc3)c2n1. The topological polar surface area (TPSA) is 259 Å². The van der Waals surface area contributed by atoms with E-state index in [0.717, 1.165) is 18.4 Å². The first-order chi connectivity index (χ1) is 22.4. The van der Waals surface area contributed by atoms with Crippen molar-refractivity contribution < 1.29 is 33.8 Å². The lowest BCUT2D eigenvalue weighted by molar-refractivity contribution is -0.154. The van der Waals surface area contributed by atoms with Gasteiger partial charge in [0, 0.05) is 37.6 Å². The van der Waals surface area contributed by atoms with Gasteiger partial charge in [-0.3, -0.25) is 23.7 Å². The average Bonchev–Trinajstić information content (AvgIpc) is 3.33. The van der Waals surface area contributed by atoms with Gasteiger partial charge in [-0.15, -0.1) is 0 Å². The number of carbonyl (C=O) groups excluding carboxylic acids is 4. The molecule has 3 rings (SSSR count). The van der Waals surface area contributed by atoms with Gasteiger partial charge in [0.15, 0.2) is 11.5 Å². The Morgan fingerprint density at radius 1 is 1.09 bits per heavy atom. The van der Waals surface area contributed by atoms with Crippen LogP contribution >= 0.6 is 11.8 Å². The summed E-state index contributed by atoms with van der Waals surface area (Å²) in [5.74, 6) is -1.65. The molecule has 9 N–H and O–H groups in total. The highest BCUT2D eigenvalue weighted by molar-refractivity contribution is 7.99. The molecule has 0 bridgehead atoms. The molecule has 47 heavy (non-hydrogen) atoms. The number of ether oxygens (including phenoxy) is 2. The lowest BCUT2D eigenvalue weighted by Crippen LogP contribution is -2.52. The van der Waals surface area contributed by atoms with E-state index in [0.29, 0.717) is 29.3 Å². The van der Waals surface area contributed by atoms with E-state index in [1.165, 1.54) is 30.2 Å². The summed E-state index contributed by atoms with van der Waals surface area (Å²) in [5.41, 5.74) is 13.4. The van der Waals surface area contributed by atoms with E-state index in [1.807, 2.05) is 0 Å². The Morgan fingerprint density at radius 3 is 2.45 bits per heavy atom. The number of amides is 2. The van der Waals surface area contributed by atoms with Crippen LogP contribution in [-0.2, 0) is 35.2 Å². The number of thioether (sulfide) groups is 1. The first kappa shape index (κ1) is 36.8. The number of nitrogen functional groups attached to an aromatic ring is 1. The minimum absolute atomic E-state index is 0.0969. The Labute approximate surface area is 274 Å². The maximum Gasteiger partial charge on any atom is 0.328 e. The molecule has 3 aromatic rings. The summed E-state index contributed by atoms with van der Waals surface area (Å²) in [6.07, 6.45) is 1.19. The number of imidazole rings is 1. The van der Waals surface area contributed by atoms with E-state index in [1.54, 1.807) is 24.3 Å². The Kier molecular flexibility index (Phi) is 14.0. The van der Waals surface area contributed by atoms with Crippen LogP contribution in [0.2, 0.25) is 0 Å². The molecular weight excluding hydrogens is 634 g/mol. The molecule has 2 aromatic heterocycles. The molecule has 17 nitrogen and oxygen atoms in total. The Morgan fingerprint density at radius 2 is 1.81 bits per heavy atom. The maximum atomic E-state index is 12.8. The molecule has 1 aromatic carbocycles. The Bertz CT molecular complexity index is 1590. The first-order valence-electron chi connectivity index (χ1n) is 14.9. The van der Waals surface area contributed by atoms with Crippen LogP contribution in [0.5, 0.6) is 0 Å². The summed E-state index contributed by atoms with van der Waals surface area (Å²) in [6.45, 7) is 4.52. The second-order valence-corrected chi connectivity index (χ2v) is 11.6. The van der Waals surface area contributed by atoms with Crippen LogP contribution in [0, 0.1) is 0 Å². The molecule has 0 aliphatic carbocycles. The fourth-order valence-corrected chi connectivity index (χ4v) is 5.16. The molecule has 256 valence electrons. The summed E-state index contributed by atoms with van der Waals surface area (Å²) in [6, 6.07) is 4.30. The van der Waals surface area contributed by atoms with Gasteiger partial charge < -0.3 is 47.0 Å². The van der Waals surface area contributed by atoms with E-state index in [4.69, 9.17) is 20.9 Å². The highest BCUT2D eigenvalue weighted by Gasteiger charge is 2.24. The molecule has 0 spiro atoms. The van der Waals surface area contributed by atoms with E-state index in [2.05, 4.69) is 37.8 Å². The second-order valence-electron chi connectivity index (χ2n) is 10.5. The smallest absolute Gasteiger partial charge is 0.328 e. The number of hydrogen-bond acceptors (Lipinski definition) is 14. The largest absolute Gasteiger partial charge is 0.462 e. The highest BCUT2D eigenvalue weighted by Crippen LogP contribution is 2.18. The predicted molar refractivity (Wildman–Crippen MR) is 177 cm³/mol. The number of anilines is 3. The number of nitrogens with zero attached hydrogens (tertiary/aromatic N) is 3. The van der Waals surface area contributed by atoms with Crippen LogP contribution in [0.15, 0.2) is 29.1 Å². The zero-order valence-electron chi connectivity index (χ0n) is 26.4. The fraction of sp³-hybridized carbons (Fsp3) is 0.483. The lowest BCUT2D eigenvalue weighted by Gasteiger charge is -2.20. The van der Waals surface area contributed by atoms with Crippen molar-refractivity contribution in [3.63, 3.8) is 0 Å². The van der Waals surface area contributed by atoms with Crippen molar-refractivity contribution in [3.05, 3.63) is 40.3 Å². The summed E-state index contributed by atoms with van der Waals surface area (Å²) >= 11 is 1.19. The molecule has 2 heterocycles. The number of aliphatic hydroxyl groups excluding tert-OH is 1. The van der Waals surface area contributed by atoms with Crippen molar-refractivity contribution in [2.75, 3.05) is 47.6 Å². The summed E-state index contributed by atoms with van der Waals surface area (Å²) in [5, 5.41) is 17.9. The maximum absolute atomic E-state index is 12.8. The second kappa shape index (κ2) is 17.9. The number of fused-ring (bicyclic) bond motifs is 1. The van der Waals surface area contributed by atoms with Gasteiger partial charge in [-0.05, 0) is 24.1 Å². The fourth-order valence-electron chi connectivity index (χ4n) is 4.20. The quantitative estimate of drug-likeness (QED) is 0.0688. The van der Waals surface area contributed by atoms with E-state index in [9.17, 15) is 29.1 Å². The normalized spacial score (nSPS) is 13.0. The van der Waals surface area contributed by atoms with Gasteiger partial charge in [-0.1, -0.05) is 25.5 Å². The number of benzene rings is 1. The molecular formula is C29H41N9O8S. The summed E-state index contributed by atoms with van der Waals surface area (Å²) in [7, 11) is 0. The molecule has 0 saturated heterocycles. The minimum Gasteiger partial charge on any atom is -0.462 e. The van der Waals surface area contributed by atoms with Gasteiger partial charge in [0.05, 0.1) is 19.2 Å². The third-order valence-electron chi connectivity index (χ3n) is 6.58. The van der Waals surface area contributed by atoms with Gasteiger partial charge in [0.1, 0.15) is 24.3 Å². The molecule has 0 aliphatic heterocycles. The zero-order valence-corrected chi connectivity index (χ0v) is 27.2. The highest BCUT2D eigenvalue weighted by atomic mass is 32.2. The third-order valence-corrected chi connectivity index (χ3v) is 7.79. The van der Waals surface area contributed by atoms with Crippen molar-refractivity contribution in [2.45, 2.75) is 58.3 Å². The summed E-state index contributed by atoms with van der Waals surface area (Å²) < 4.78 is 11.4. The Balaban J connectivity index is 1.56. The van der Waals surface area contributed by atoms with Crippen LogP contribution in [0.25, 0.3) is 11.2 Å². The van der Waals surface area contributed by atoms with E-state index >= 15 is 0 Å². The third kappa shape index (κ3) is 11.3. The number of H-pyrrole nitrogens is 1. The van der Waals surface area contributed by atoms with Crippen molar-refractivity contribution in [1.82, 2.24) is 24.8 Å². The number of nitrogens with two attached hydrogens (primary N) is 2. The molecule has 1 unspecified atom stereocenters. The molecule has 0 aliphatic rings. The van der Waals surface area contributed by atoms with Crippen LogP contribution in [0.3, 0.4) is 0 Å². The number of aliphatic hydroxyl groups is 1. The number of carbonyl (C=O) groups is 4. The molecule has 2 amide bonds. The Hall–Kier alpha value is -4.68. The van der Waals surface area contributed by atoms with E-state index < -0.39 is 54.2 Å². The number of unbranched alkanes of at least 4 members (excludes halogenated alkanes) is 1. The molecule has 0 radical (unpaired) electrons. The van der Waals surface area contributed by atoms with Crippen molar-refractivity contribution in [2.24, 2.45) is 5.73 Å². The predicted octanol–water partition coefficient (Wildman–Crippen LogP) is -0.0670. The number of nitrogens with one attached hydrogen (secondary N) is 4. The number of esters is 2. The van der Waals surface area contributed by atoms with Crippen LogP contribution in [0.4, 0.5) is 17.5 Å². The van der Waals surface area contributed by atoms with Crippen molar-refractivity contribution in [3.8, 4) is 0 Å². The zero-order chi connectivity index (χ0) is 34.5. The molecule has 18 heteroatoms. The lowest BCUT2D eigenvalue weighted by atomic mass is 10.2. The van der Waals surface area contributed by atoms with Crippen LogP contribution in [-0.4, -0.2) is 97.8 Å². The summed E-state index contributed by atoms with van der Waals surface area (Å²) in [4.78, 5) is 71.9. The van der Waals surface area contributed by atoms with Gasteiger partial charge >= 0.3 is 17.6 Å². The van der Waals surface area contributed by atoms with Gasteiger partial charge in [0.25, 0.3) is 0 Å². The standard InChI is InChI=1S/C29H41N9O8S/c1-4-5-10-32-28-36-24(31)23-25(37-28)38(29(44)35-23)11-18-6-8-19(9-7-18)33-27(43)22(12-39)34-26(42)21(30)15-47-14-20(46-17(3)41)13-45-16(2)40/h6-9,20-22,39H,4-5,10-15,30H2,1-3H3,(H,33,43)(H,34,42)(H,35,44)(H3,31,32,36,37)/t20?,21-,22-/m0/s1. The van der Waals surface area contributed by atoms with Crippen molar-refractivity contribution in [1.29, 1.82) is 0 Å². The molecule has 0 saturated carbocycles. The number of hydrogen-bond donors (Lipinski definition) is 7. The average molecular weight is 676 g/mol. The van der Waals surface area contributed by atoms with Crippen molar-refractivity contribution >= 4 is 64.1 Å². The van der Waals surface area contributed by atoms with Gasteiger partial charge in [-0.2, -0.15) is 21.7 Å². The number of rotatable bonds is 18. The van der Waals surface area contributed by atoms with Gasteiger partial charge in [0.2, 0.25) is 17.8 Å². The molecule has 3 atom stereocenters. The van der Waals surface area contributed by atoms with Crippen LogP contribution in [0.1, 0.15) is 39.2 Å².